The molecule has 33 heavy (non-hydrogen) atoms. The lowest BCUT2D eigenvalue weighted by Gasteiger charge is -2.38. The van der Waals surface area contributed by atoms with Crippen LogP contribution in [0.3, 0.4) is 0 Å². The Labute approximate surface area is 216 Å². The van der Waals surface area contributed by atoms with E-state index in [0.717, 1.165) is 5.39 Å². The van der Waals surface area contributed by atoms with Crippen molar-refractivity contribution >= 4 is 84.9 Å². The monoisotopic (exact) mass is 643 g/mol. The fraction of sp³-hybridized carbons (Fsp3) is 0.471. The summed E-state index contributed by atoms with van der Waals surface area (Å²) in [6.45, 7) is 1.35. The van der Waals surface area contributed by atoms with Gasteiger partial charge in [0, 0.05) is 36.3 Å². The Kier molecular flexibility index (Phi) is 7.53. The molecule has 0 spiro atoms. The number of thiol groups is 2. The first kappa shape index (κ1) is 25.1. The van der Waals surface area contributed by atoms with Crippen LogP contribution in [0.1, 0.15) is 12.8 Å². The summed E-state index contributed by atoms with van der Waals surface area (Å²) >= 11 is 8.54. The van der Waals surface area contributed by atoms with Crippen LogP contribution >= 0.6 is 51.7 Å². The molecule has 1 aliphatic carbocycles. The SMILES string of the molecule is CS(=O)C1CN(c2nn(CC3(F)CC3)c3cc(-c4nn(PI)cc4[N+](=O)[O-])ncc23)C1.SS. The maximum Gasteiger partial charge on any atom is 0.316 e. The normalized spacial score (nSPS) is 18.3. The van der Waals surface area contributed by atoms with Gasteiger partial charge in [-0.05, 0) is 40.9 Å². The third-order valence-electron chi connectivity index (χ3n) is 5.68. The molecule has 2 fully saturated rings. The molecule has 0 bridgehead atoms. The number of anilines is 1. The molecule has 3 aromatic rings. The maximum absolute atomic E-state index is 14.6. The third kappa shape index (κ3) is 5.02. The van der Waals surface area contributed by atoms with Gasteiger partial charge in [0.1, 0.15) is 11.9 Å². The summed E-state index contributed by atoms with van der Waals surface area (Å²) in [7, 11) is -0.911. The zero-order valence-corrected chi connectivity index (χ0v) is 23.0. The number of aromatic nitrogens is 5. The van der Waals surface area contributed by atoms with Gasteiger partial charge in [-0.1, -0.05) is 0 Å². The van der Waals surface area contributed by atoms with E-state index in [2.05, 4.69) is 60.5 Å². The first-order valence-corrected chi connectivity index (χ1v) is 17.0. The Morgan fingerprint density at radius 3 is 2.67 bits per heavy atom. The molecule has 178 valence electrons. The summed E-state index contributed by atoms with van der Waals surface area (Å²) in [5, 5.41) is 21.3. The molecule has 16 heteroatoms. The van der Waals surface area contributed by atoms with Crippen molar-refractivity contribution in [1.82, 2.24) is 24.3 Å². The van der Waals surface area contributed by atoms with Gasteiger partial charge >= 0.3 is 5.69 Å². The Bertz CT molecular complexity index is 1230. The molecule has 1 saturated heterocycles. The average Bonchev–Trinajstić information content (AvgIpc) is 3.19. The molecule has 0 radical (unpaired) electrons. The molecule has 3 aromatic heterocycles. The summed E-state index contributed by atoms with van der Waals surface area (Å²) in [4.78, 5) is 17.5. The van der Waals surface area contributed by atoms with Gasteiger partial charge in [-0.15, -0.1) is 23.3 Å². The third-order valence-corrected chi connectivity index (χ3v) is 8.80. The molecule has 2 atom stereocenters. The fourth-order valence-electron chi connectivity index (χ4n) is 3.64. The van der Waals surface area contributed by atoms with Crippen LogP contribution in [0.25, 0.3) is 22.3 Å². The van der Waals surface area contributed by atoms with E-state index in [9.17, 15) is 18.7 Å². The van der Waals surface area contributed by atoms with Crippen LogP contribution in [0.2, 0.25) is 0 Å². The highest BCUT2D eigenvalue weighted by molar-refractivity contribution is 14.2. The number of nitro groups is 1. The maximum atomic E-state index is 14.6. The van der Waals surface area contributed by atoms with Gasteiger partial charge in [0.25, 0.3) is 0 Å². The summed E-state index contributed by atoms with van der Waals surface area (Å²) in [5.41, 5.74) is -0.205. The zero-order valence-electron chi connectivity index (χ0n) is 17.3. The smallest absolute Gasteiger partial charge is 0.316 e. The molecular weight excluding hydrogens is 623 g/mol. The number of alkyl halides is 1. The van der Waals surface area contributed by atoms with Gasteiger partial charge in [-0.25, -0.2) is 8.84 Å². The fourth-order valence-corrected chi connectivity index (χ4v) is 5.47. The second-order valence-corrected chi connectivity index (χ2v) is 11.6. The van der Waals surface area contributed by atoms with E-state index in [1.54, 1.807) is 23.2 Å². The Balaban J connectivity index is 0.00000126. The minimum absolute atomic E-state index is 0.0871. The molecule has 0 N–H and O–H groups in total. The van der Waals surface area contributed by atoms with Crippen LogP contribution in [-0.2, 0) is 17.3 Å². The van der Waals surface area contributed by atoms with E-state index in [0.29, 0.717) is 43.0 Å². The van der Waals surface area contributed by atoms with Crippen LogP contribution in [0.5, 0.6) is 0 Å². The average molecular weight is 643 g/mol. The Morgan fingerprint density at radius 1 is 1.39 bits per heavy atom. The highest BCUT2D eigenvalue weighted by atomic mass is 127. The molecule has 2 unspecified atom stereocenters. The molecule has 0 aromatic carbocycles. The summed E-state index contributed by atoms with van der Waals surface area (Å²) in [6, 6.07) is 1.70. The van der Waals surface area contributed by atoms with Crippen molar-refractivity contribution in [1.29, 1.82) is 0 Å². The number of hydrogen-bond donors (Lipinski definition) is 2. The highest BCUT2D eigenvalue weighted by Gasteiger charge is 2.44. The first-order valence-electron chi connectivity index (χ1n) is 9.72. The lowest BCUT2D eigenvalue weighted by atomic mass is 10.1. The lowest BCUT2D eigenvalue weighted by molar-refractivity contribution is -0.384. The van der Waals surface area contributed by atoms with E-state index >= 15 is 0 Å². The quantitative estimate of drug-likeness (QED) is 0.101. The number of nitrogens with zero attached hydrogens (tertiary/aromatic N) is 7. The van der Waals surface area contributed by atoms with Crippen molar-refractivity contribution in [3.63, 3.8) is 0 Å². The Morgan fingerprint density at radius 2 is 2.09 bits per heavy atom. The van der Waals surface area contributed by atoms with E-state index in [-0.39, 0.29) is 29.5 Å². The largest absolute Gasteiger partial charge is 0.352 e. The van der Waals surface area contributed by atoms with Crippen molar-refractivity contribution < 1.29 is 13.5 Å². The van der Waals surface area contributed by atoms with Gasteiger partial charge in [-0.3, -0.25) is 24.0 Å². The van der Waals surface area contributed by atoms with Gasteiger partial charge in [0.2, 0.25) is 0 Å². The van der Waals surface area contributed by atoms with E-state index in [1.165, 1.54) is 10.6 Å². The molecule has 10 nitrogen and oxygen atoms in total. The van der Waals surface area contributed by atoms with Crippen LogP contribution < -0.4 is 4.90 Å². The topological polar surface area (TPSA) is 112 Å². The minimum Gasteiger partial charge on any atom is -0.352 e. The number of halogens is 2. The number of rotatable bonds is 7. The van der Waals surface area contributed by atoms with Crippen molar-refractivity contribution in [3.8, 4) is 11.4 Å². The van der Waals surface area contributed by atoms with Gasteiger partial charge < -0.3 is 4.90 Å². The molecule has 5 rings (SSSR count). The van der Waals surface area contributed by atoms with Crippen molar-refractivity contribution in [2.45, 2.75) is 30.3 Å². The summed E-state index contributed by atoms with van der Waals surface area (Å²) < 4.78 is 29.4. The lowest BCUT2D eigenvalue weighted by Crippen LogP contribution is -2.53. The van der Waals surface area contributed by atoms with Crippen molar-refractivity contribution in [2.24, 2.45) is 0 Å². The predicted octanol–water partition coefficient (Wildman–Crippen LogP) is 3.82. The standard InChI is InChI=1S/C17H18FIN7O3PS.H2S2/c1-31(29)10-6-23(7-10)16-11-5-20-12(15-14(26(27)28)8-25(21-15)30-19)4-13(11)24(22-16)9-17(18)2-3-17;1-2/h4-5,8,10,30H,2-3,6-7,9H2,1H3;1-2H. The van der Waals surface area contributed by atoms with Gasteiger partial charge in [0.05, 0.1) is 39.7 Å². The highest BCUT2D eigenvalue weighted by Crippen LogP contribution is 2.43. The van der Waals surface area contributed by atoms with Crippen molar-refractivity contribution in [3.05, 3.63) is 28.6 Å². The number of hydrogen-bond acceptors (Lipinski definition) is 9. The van der Waals surface area contributed by atoms with Gasteiger partial charge in [0.15, 0.2) is 11.5 Å². The zero-order chi connectivity index (χ0) is 23.9. The number of fused-ring (bicyclic) bond motifs is 1. The molecule has 4 heterocycles. The van der Waals surface area contributed by atoms with Crippen molar-refractivity contribution in [2.75, 3.05) is 24.2 Å². The first-order chi connectivity index (χ1) is 15.8. The second kappa shape index (κ2) is 9.91. The van der Waals surface area contributed by atoms with E-state index < -0.39 is 21.4 Å². The molecular formula is C17H20FIN7O3PS3. The summed E-state index contributed by atoms with van der Waals surface area (Å²) in [5.74, 6) is 0.675. The van der Waals surface area contributed by atoms with Crippen LogP contribution in [0.15, 0.2) is 18.5 Å². The minimum atomic E-state index is -1.27. The number of pyridine rings is 1. The van der Waals surface area contributed by atoms with Crippen LogP contribution in [-0.4, -0.2) is 63.7 Å². The Hall–Kier alpha value is -1.03. The molecule has 0 amide bonds. The summed E-state index contributed by atoms with van der Waals surface area (Å²) in [6.07, 6.45) is 5.90. The second-order valence-electron chi connectivity index (χ2n) is 7.89. The van der Waals surface area contributed by atoms with Crippen LogP contribution in [0.4, 0.5) is 15.9 Å². The van der Waals surface area contributed by atoms with Gasteiger partial charge in [-0.2, -0.15) is 10.2 Å². The molecule has 1 aliphatic heterocycles. The predicted molar refractivity (Wildman–Crippen MR) is 144 cm³/mol. The molecule has 1 saturated carbocycles. The van der Waals surface area contributed by atoms with E-state index in [1.807, 2.05) is 4.90 Å². The molecule has 2 aliphatic rings. The van der Waals surface area contributed by atoms with E-state index in [4.69, 9.17) is 0 Å². The van der Waals surface area contributed by atoms with Crippen LogP contribution in [0, 0.1) is 10.1 Å².